The van der Waals surface area contributed by atoms with Crippen molar-refractivity contribution in [2.45, 2.75) is 27.3 Å². The van der Waals surface area contributed by atoms with Gasteiger partial charge in [0.2, 0.25) is 0 Å². The Morgan fingerprint density at radius 2 is 2.17 bits per heavy atom. The summed E-state index contributed by atoms with van der Waals surface area (Å²) in [6.45, 7) is 7.03. The van der Waals surface area contributed by atoms with Crippen molar-refractivity contribution < 1.29 is 0 Å². The third-order valence-electron chi connectivity index (χ3n) is 2.67. The van der Waals surface area contributed by atoms with Crippen molar-refractivity contribution in [2.75, 3.05) is 0 Å². The smallest absolute Gasteiger partial charge is 0.190 e. The number of rotatable bonds is 3. The van der Waals surface area contributed by atoms with Gasteiger partial charge in [-0.3, -0.25) is 0 Å². The van der Waals surface area contributed by atoms with E-state index in [1.807, 2.05) is 29.8 Å². The second kappa shape index (κ2) is 5.01. The van der Waals surface area contributed by atoms with Crippen molar-refractivity contribution in [3.05, 3.63) is 35.5 Å². The van der Waals surface area contributed by atoms with Crippen molar-refractivity contribution in [3.8, 4) is 17.3 Å². The van der Waals surface area contributed by atoms with E-state index in [9.17, 15) is 0 Å². The second-order valence-electron chi connectivity index (χ2n) is 4.84. The van der Waals surface area contributed by atoms with Gasteiger partial charge in [-0.2, -0.15) is 5.26 Å². The average Bonchev–Trinajstić information content (AvgIpc) is 2.71. The predicted molar refractivity (Wildman–Crippen MR) is 69.7 cm³/mol. The Kier molecular flexibility index (Phi) is 3.42. The highest BCUT2D eigenvalue weighted by molar-refractivity contribution is 5.65. The SMILES string of the molecule is Cc1cccc(-c2c(C#N)nnn2CC(C)C)c1. The van der Waals surface area contributed by atoms with E-state index in [0.29, 0.717) is 11.6 Å². The Bertz CT molecular complexity index is 590. The van der Waals surface area contributed by atoms with Gasteiger partial charge in [-0.25, -0.2) is 4.68 Å². The van der Waals surface area contributed by atoms with Gasteiger partial charge in [0, 0.05) is 12.1 Å². The molecule has 0 amide bonds. The Balaban J connectivity index is 2.54. The molecule has 2 rings (SSSR count). The zero-order valence-electron chi connectivity index (χ0n) is 10.9. The lowest BCUT2D eigenvalue weighted by Crippen LogP contribution is -2.08. The van der Waals surface area contributed by atoms with E-state index in [2.05, 4.69) is 36.3 Å². The fourth-order valence-electron chi connectivity index (χ4n) is 1.94. The van der Waals surface area contributed by atoms with Crippen molar-refractivity contribution >= 4 is 0 Å². The van der Waals surface area contributed by atoms with Crippen molar-refractivity contribution in [2.24, 2.45) is 5.92 Å². The predicted octanol–water partition coefficient (Wildman–Crippen LogP) is 2.78. The molecule has 0 saturated carbocycles. The Labute approximate surface area is 107 Å². The molecule has 4 heteroatoms. The molecule has 92 valence electrons. The molecule has 0 radical (unpaired) electrons. The lowest BCUT2D eigenvalue weighted by atomic mass is 10.1. The maximum absolute atomic E-state index is 9.13. The number of hydrogen-bond acceptors (Lipinski definition) is 3. The molecule has 0 spiro atoms. The molecule has 0 unspecified atom stereocenters. The summed E-state index contributed by atoms with van der Waals surface area (Å²) in [6.07, 6.45) is 0. The summed E-state index contributed by atoms with van der Waals surface area (Å²) >= 11 is 0. The molecule has 0 N–H and O–H groups in total. The molecule has 1 heterocycles. The molecule has 0 bridgehead atoms. The number of aromatic nitrogens is 3. The largest absolute Gasteiger partial charge is 0.243 e. The monoisotopic (exact) mass is 240 g/mol. The van der Waals surface area contributed by atoms with E-state index in [1.54, 1.807) is 0 Å². The first-order valence-corrected chi connectivity index (χ1v) is 6.02. The number of aryl methyl sites for hydroxylation is 1. The van der Waals surface area contributed by atoms with Crippen molar-refractivity contribution in [1.82, 2.24) is 15.0 Å². The number of hydrogen-bond donors (Lipinski definition) is 0. The zero-order valence-corrected chi connectivity index (χ0v) is 10.9. The van der Waals surface area contributed by atoms with Crippen LogP contribution in [0.1, 0.15) is 25.1 Å². The van der Waals surface area contributed by atoms with Gasteiger partial charge in [-0.1, -0.05) is 42.8 Å². The highest BCUT2D eigenvalue weighted by Crippen LogP contribution is 2.23. The van der Waals surface area contributed by atoms with Crippen LogP contribution < -0.4 is 0 Å². The molecular formula is C14H16N4. The summed E-state index contributed by atoms with van der Waals surface area (Å²) in [4.78, 5) is 0. The molecule has 0 aliphatic carbocycles. The first-order chi connectivity index (χ1) is 8.61. The van der Waals surface area contributed by atoms with Crippen LogP contribution >= 0.6 is 0 Å². The van der Waals surface area contributed by atoms with Crippen molar-refractivity contribution in [1.29, 1.82) is 5.26 Å². The highest BCUT2D eigenvalue weighted by atomic mass is 15.4. The van der Waals surface area contributed by atoms with Gasteiger partial charge in [-0.15, -0.1) is 5.10 Å². The normalized spacial score (nSPS) is 10.6. The topological polar surface area (TPSA) is 54.5 Å². The molecule has 18 heavy (non-hydrogen) atoms. The number of nitriles is 1. The van der Waals surface area contributed by atoms with Crippen LogP contribution in [0.25, 0.3) is 11.3 Å². The molecule has 1 aromatic carbocycles. The van der Waals surface area contributed by atoms with Crippen LogP contribution in [0.5, 0.6) is 0 Å². The van der Waals surface area contributed by atoms with Crippen LogP contribution in [0.3, 0.4) is 0 Å². The van der Waals surface area contributed by atoms with Gasteiger partial charge in [0.15, 0.2) is 5.69 Å². The zero-order chi connectivity index (χ0) is 13.1. The van der Waals surface area contributed by atoms with Crippen LogP contribution in [0.2, 0.25) is 0 Å². The van der Waals surface area contributed by atoms with Gasteiger partial charge < -0.3 is 0 Å². The lowest BCUT2D eigenvalue weighted by molar-refractivity contribution is 0.475. The molecule has 2 aromatic rings. The van der Waals surface area contributed by atoms with Gasteiger partial charge in [-0.05, 0) is 18.9 Å². The third kappa shape index (κ3) is 2.40. The minimum atomic E-state index is 0.390. The number of benzene rings is 1. The van der Waals surface area contributed by atoms with E-state index in [4.69, 9.17) is 5.26 Å². The van der Waals surface area contributed by atoms with Crippen LogP contribution in [-0.4, -0.2) is 15.0 Å². The molecule has 0 atom stereocenters. The molecule has 0 aliphatic rings. The maximum Gasteiger partial charge on any atom is 0.190 e. The molecule has 1 aromatic heterocycles. The fourth-order valence-corrected chi connectivity index (χ4v) is 1.94. The van der Waals surface area contributed by atoms with Crippen LogP contribution in [0.15, 0.2) is 24.3 Å². The summed E-state index contributed by atoms with van der Waals surface area (Å²) in [5.74, 6) is 0.460. The second-order valence-corrected chi connectivity index (χ2v) is 4.84. The average molecular weight is 240 g/mol. The van der Waals surface area contributed by atoms with Gasteiger partial charge in [0.1, 0.15) is 11.8 Å². The first kappa shape index (κ1) is 12.3. The first-order valence-electron chi connectivity index (χ1n) is 6.02. The minimum Gasteiger partial charge on any atom is -0.243 e. The Morgan fingerprint density at radius 3 is 2.78 bits per heavy atom. The van der Waals surface area contributed by atoms with E-state index in [1.165, 1.54) is 0 Å². The summed E-state index contributed by atoms with van der Waals surface area (Å²) < 4.78 is 1.82. The van der Waals surface area contributed by atoms with Gasteiger partial charge in [0.25, 0.3) is 0 Å². The molecule has 0 fully saturated rings. The molecule has 0 aliphatic heterocycles. The lowest BCUT2D eigenvalue weighted by Gasteiger charge is -2.09. The Morgan fingerprint density at radius 1 is 1.39 bits per heavy atom. The highest BCUT2D eigenvalue weighted by Gasteiger charge is 2.15. The molecule has 0 saturated heterocycles. The Hall–Kier alpha value is -2.15. The maximum atomic E-state index is 9.13. The third-order valence-corrected chi connectivity index (χ3v) is 2.67. The van der Waals surface area contributed by atoms with Crippen LogP contribution in [0, 0.1) is 24.2 Å². The van der Waals surface area contributed by atoms with Crippen molar-refractivity contribution in [3.63, 3.8) is 0 Å². The summed E-state index contributed by atoms with van der Waals surface area (Å²) in [5.41, 5.74) is 3.36. The van der Waals surface area contributed by atoms with E-state index in [-0.39, 0.29) is 0 Å². The quantitative estimate of drug-likeness (QED) is 0.829. The molecular weight excluding hydrogens is 224 g/mol. The van der Waals surface area contributed by atoms with Crippen LogP contribution in [-0.2, 0) is 6.54 Å². The van der Waals surface area contributed by atoms with E-state index in [0.717, 1.165) is 23.4 Å². The summed E-state index contributed by atoms with van der Waals surface area (Å²) in [6, 6.07) is 10.2. The van der Waals surface area contributed by atoms with E-state index >= 15 is 0 Å². The van der Waals surface area contributed by atoms with Crippen LogP contribution in [0.4, 0.5) is 0 Å². The van der Waals surface area contributed by atoms with E-state index < -0.39 is 0 Å². The summed E-state index contributed by atoms with van der Waals surface area (Å²) in [5, 5.41) is 17.2. The number of nitrogens with zero attached hydrogens (tertiary/aromatic N) is 4. The fraction of sp³-hybridized carbons (Fsp3) is 0.357. The standard InChI is InChI=1S/C14H16N4/c1-10(2)9-18-14(13(8-15)16-17-18)12-6-4-5-11(3)7-12/h4-7,10H,9H2,1-3H3. The molecule has 4 nitrogen and oxygen atoms in total. The van der Waals surface area contributed by atoms with Gasteiger partial charge >= 0.3 is 0 Å². The minimum absolute atomic E-state index is 0.390. The van der Waals surface area contributed by atoms with Gasteiger partial charge in [0.05, 0.1) is 0 Å². The summed E-state index contributed by atoms with van der Waals surface area (Å²) in [7, 11) is 0.